The molecule has 120 valence electrons. The van der Waals surface area contributed by atoms with Crippen LogP contribution in [0.1, 0.15) is 30.5 Å². The summed E-state index contributed by atoms with van der Waals surface area (Å²) in [5.41, 5.74) is 7.80. The maximum absolute atomic E-state index is 12.5. The largest absolute Gasteiger partial charge is 0.383 e. The average Bonchev–Trinajstić information content (AvgIpc) is 3.07. The van der Waals surface area contributed by atoms with Gasteiger partial charge in [-0.15, -0.1) is 11.3 Å². The van der Waals surface area contributed by atoms with Gasteiger partial charge in [0, 0.05) is 11.9 Å². The highest BCUT2D eigenvalue weighted by atomic mass is 32.1. The quantitative estimate of drug-likeness (QED) is 0.713. The molecule has 0 radical (unpaired) electrons. The molecule has 2 heterocycles. The van der Waals surface area contributed by atoms with Crippen molar-refractivity contribution >= 4 is 34.5 Å². The van der Waals surface area contributed by atoms with Crippen LogP contribution in [0.15, 0.2) is 54.7 Å². The Hall–Kier alpha value is -2.99. The molecule has 5 nitrogen and oxygen atoms in total. The number of hydrogen-bond acceptors (Lipinski definition) is 5. The molecule has 0 unspecified atom stereocenters. The number of nitrogens with two attached hydrogens (primary N) is 1. The second-order valence-electron chi connectivity index (χ2n) is 5.20. The number of nitrogen functional groups attached to an aromatic ring is 1. The summed E-state index contributed by atoms with van der Waals surface area (Å²) in [5.74, 6) is -0.296. The monoisotopic (exact) mass is 337 g/mol. The van der Waals surface area contributed by atoms with Crippen LogP contribution in [0.3, 0.4) is 0 Å². The first-order chi connectivity index (χ1) is 11.6. The van der Waals surface area contributed by atoms with Crippen molar-refractivity contribution in [2.75, 3.05) is 11.1 Å². The van der Waals surface area contributed by atoms with Gasteiger partial charge in [-0.1, -0.05) is 18.2 Å². The molecule has 0 saturated heterocycles. The second-order valence-corrected chi connectivity index (χ2v) is 6.28. The molecule has 0 bridgehead atoms. The number of nitrogens with one attached hydrogen (secondary N) is 1. The molecule has 0 spiro atoms. The van der Waals surface area contributed by atoms with Crippen LogP contribution >= 0.6 is 11.3 Å². The lowest BCUT2D eigenvalue weighted by molar-refractivity contribution is 0.102. The molecule has 0 fully saturated rings. The van der Waals surface area contributed by atoms with E-state index in [9.17, 15) is 9.59 Å². The van der Waals surface area contributed by atoms with Crippen LogP contribution in [0.25, 0.3) is 0 Å². The fourth-order valence-electron chi connectivity index (χ4n) is 2.22. The minimum Gasteiger partial charge on any atom is -0.383 e. The van der Waals surface area contributed by atoms with Crippen molar-refractivity contribution < 1.29 is 9.59 Å². The van der Waals surface area contributed by atoms with Crippen LogP contribution in [0.4, 0.5) is 11.5 Å². The highest BCUT2D eigenvalue weighted by Gasteiger charge is 2.17. The van der Waals surface area contributed by atoms with Gasteiger partial charge in [0.1, 0.15) is 5.82 Å². The minimum absolute atomic E-state index is 0.182. The zero-order chi connectivity index (χ0) is 17.1. The maximum Gasteiger partial charge on any atom is 0.265 e. The molecule has 0 aliphatic rings. The summed E-state index contributed by atoms with van der Waals surface area (Å²) in [6.45, 7) is 1.92. The molecule has 6 heteroatoms. The van der Waals surface area contributed by atoms with Crippen LogP contribution in [0, 0.1) is 6.92 Å². The molecule has 3 aromatic rings. The summed E-state index contributed by atoms with van der Waals surface area (Å²) < 4.78 is 0. The number of nitrogens with zero attached hydrogens (tertiary/aromatic N) is 1. The Kier molecular flexibility index (Phi) is 4.39. The van der Waals surface area contributed by atoms with Crippen molar-refractivity contribution in [2.45, 2.75) is 6.92 Å². The highest BCUT2D eigenvalue weighted by Crippen LogP contribution is 2.23. The Morgan fingerprint density at radius 1 is 1.04 bits per heavy atom. The first-order valence-corrected chi connectivity index (χ1v) is 8.10. The van der Waals surface area contributed by atoms with Gasteiger partial charge in [0.05, 0.1) is 15.3 Å². The fraction of sp³-hybridized carbons (Fsp3) is 0.0556. The number of thiophene rings is 1. The van der Waals surface area contributed by atoms with E-state index < -0.39 is 0 Å². The lowest BCUT2D eigenvalue weighted by Crippen LogP contribution is -2.11. The van der Waals surface area contributed by atoms with Crippen molar-refractivity contribution in [3.8, 4) is 0 Å². The molecular weight excluding hydrogens is 322 g/mol. The van der Waals surface area contributed by atoms with Gasteiger partial charge in [-0.3, -0.25) is 9.59 Å². The highest BCUT2D eigenvalue weighted by molar-refractivity contribution is 7.16. The predicted octanol–water partition coefficient (Wildman–Crippen LogP) is 3.52. The average molecular weight is 337 g/mol. The summed E-state index contributed by atoms with van der Waals surface area (Å²) >= 11 is 1.13. The number of pyridine rings is 1. The van der Waals surface area contributed by atoms with Gasteiger partial charge < -0.3 is 11.1 Å². The lowest BCUT2D eigenvalue weighted by Gasteiger charge is -2.06. The molecule has 1 aromatic carbocycles. The molecule has 0 atom stereocenters. The maximum atomic E-state index is 12.5. The Balaban J connectivity index is 1.81. The van der Waals surface area contributed by atoms with E-state index in [4.69, 9.17) is 5.73 Å². The number of ketones is 1. The number of rotatable bonds is 4. The fourth-order valence-corrected chi connectivity index (χ4v) is 3.08. The van der Waals surface area contributed by atoms with Crippen molar-refractivity contribution in [1.82, 2.24) is 4.98 Å². The molecule has 3 N–H and O–H groups in total. The van der Waals surface area contributed by atoms with Crippen LogP contribution in [0.5, 0.6) is 0 Å². The summed E-state index contributed by atoms with van der Waals surface area (Å²) in [4.78, 5) is 29.7. The predicted molar refractivity (Wildman–Crippen MR) is 95.5 cm³/mol. The molecule has 0 saturated carbocycles. The van der Waals surface area contributed by atoms with Gasteiger partial charge in [0.2, 0.25) is 5.78 Å². The first-order valence-electron chi connectivity index (χ1n) is 7.28. The van der Waals surface area contributed by atoms with Gasteiger partial charge in [-0.05, 0) is 42.8 Å². The summed E-state index contributed by atoms with van der Waals surface area (Å²) in [6.07, 6.45) is 1.53. The van der Waals surface area contributed by atoms with Crippen molar-refractivity contribution in [3.63, 3.8) is 0 Å². The third kappa shape index (κ3) is 3.18. The standard InChI is InChI=1S/C18H15N3O2S/c1-11-5-2-3-7-13(11)21-18(23)15-9-8-14(24-15)16(22)12-6-4-10-20-17(12)19/h2-10H,1H3,(H2,19,20)(H,21,23). The van der Waals surface area contributed by atoms with Crippen molar-refractivity contribution in [2.24, 2.45) is 0 Å². The van der Waals surface area contributed by atoms with Gasteiger partial charge in [0.15, 0.2) is 0 Å². The summed E-state index contributed by atoms with van der Waals surface area (Å²) in [7, 11) is 0. The Bertz CT molecular complexity index is 918. The van der Waals surface area contributed by atoms with Gasteiger partial charge in [-0.2, -0.15) is 0 Å². The van der Waals surface area contributed by atoms with Crippen LogP contribution in [0.2, 0.25) is 0 Å². The molecule has 2 aromatic heterocycles. The number of aromatic nitrogens is 1. The third-order valence-electron chi connectivity index (χ3n) is 3.53. The van der Waals surface area contributed by atoms with E-state index in [1.54, 1.807) is 24.3 Å². The molecule has 0 aliphatic carbocycles. The topological polar surface area (TPSA) is 85.1 Å². The van der Waals surface area contributed by atoms with E-state index in [0.717, 1.165) is 22.6 Å². The van der Waals surface area contributed by atoms with Crippen molar-refractivity contribution in [1.29, 1.82) is 0 Å². The van der Waals surface area contributed by atoms with E-state index in [1.165, 1.54) is 6.20 Å². The zero-order valence-electron chi connectivity index (χ0n) is 12.9. The summed E-state index contributed by atoms with van der Waals surface area (Å²) in [5, 5.41) is 2.85. The number of para-hydroxylation sites is 1. The number of carbonyl (C=O) groups is 2. The number of aryl methyl sites for hydroxylation is 1. The van der Waals surface area contributed by atoms with Gasteiger partial charge >= 0.3 is 0 Å². The number of carbonyl (C=O) groups excluding carboxylic acids is 2. The molecule has 0 aliphatic heterocycles. The Morgan fingerprint density at radius 3 is 2.54 bits per heavy atom. The Labute approximate surface area is 143 Å². The van der Waals surface area contributed by atoms with Gasteiger partial charge in [-0.25, -0.2) is 4.98 Å². The normalized spacial score (nSPS) is 10.4. The number of amides is 1. The smallest absolute Gasteiger partial charge is 0.265 e. The minimum atomic E-state index is -0.243. The second kappa shape index (κ2) is 6.64. The zero-order valence-corrected chi connectivity index (χ0v) is 13.8. The number of benzene rings is 1. The summed E-state index contributed by atoms with van der Waals surface area (Å²) in [6, 6.07) is 14.1. The van der Waals surface area contributed by atoms with E-state index in [-0.39, 0.29) is 17.5 Å². The van der Waals surface area contributed by atoms with Crippen LogP contribution in [-0.4, -0.2) is 16.7 Å². The van der Waals surface area contributed by atoms with E-state index >= 15 is 0 Å². The van der Waals surface area contributed by atoms with E-state index in [2.05, 4.69) is 10.3 Å². The number of anilines is 2. The van der Waals surface area contributed by atoms with Crippen LogP contribution in [-0.2, 0) is 0 Å². The van der Waals surface area contributed by atoms with Crippen molar-refractivity contribution in [3.05, 3.63) is 75.6 Å². The SMILES string of the molecule is Cc1ccccc1NC(=O)c1ccc(C(=O)c2cccnc2N)s1. The number of hydrogen-bond donors (Lipinski definition) is 2. The van der Waals surface area contributed by atoms with Gasteiger partial charge in [0.25, 0.3) is 5.91 Å². The van der Waals surface area contributed by atoms with E-state index in [0.29, 0.717) is 15.3 Å². The molecule has 3 rings (SSSR count). The van der Waals surface area contributed by atoms with E-state index in [1.807, 2.05) is 31.2 Å². The first kappa shape index (κ1) is 15.9. The Morgan fingerprint density at radius 2 is 1.79 bits per heavy atom. The molecule has 1 amide bonds. The molecular formula is C18H15N3O2S. The molecule has 24 heavy (non-hydrogen) atoms. The third-order valence-corrected chi connectivity index (χ3v) is 4.61. The van der Waals surface area contributed by atoms with Crippen LogP contribution < -0.4 is 11.1 Å². The lowest BCUT2D eigenvalue weighted by atomic mass is 10.1.